The highest BCUT2D eigenvalue weighted by atomic mass is 32.2. The first-order chi connectivity index (χ1) is 16.6. The average molecular weight is 472 g/mol. The van der Waals surface area contributed by atoms with Crippen LogP contribution in [0.3, 0.4) is 0 Å². The number of ether oxygens (including phenoxy) is 1. The van der Waals surface area contributed by atoms with Crippen molar-refractivity contribution in [1.82, 2.24) is 9.97 Å². The van der Waals surface area contributed by atoms with Gasteiger partial charge in [0.25, 0.3) is 0 Å². The molecule has 0 atom stereocenters. The molecule has 0 bridgehead atoms. The number of esters is 1. The predicted molar refractivity (Wildman–Crippen MR) is 136 cm³/mol. The van der Waals surface area contributed by atoms with Crippen molar-refractivity contribution in [3.8, 4) is 11.4 Å². The lowest BCUT2D eigenvalue weighted by Gasteiger charge is -2.11. The zero-order valence-corrected chi connectivity index (χ0v) is 19.9. The summed E-state index contributed by atoms with van der Waals surface area (Å²) in [6.45, 7) is 4.18. The summed E-state index contributed by atoms with van der Waals surface area (Å²) in [6.07, 6.45) is 0.856. The smallest absolute Gasteiger partial charge is 0.338 e. The van der Waals surface area contributed by atoms with Crippen LogP contribution in [0.4, 0.5) is 5.69 Å². The summed E-state index contributed by atoms with van der Waals surface area (Å²) in [5.41, 5.74) is 4.05. The van der Waals surface area contributed by atoms with E-state index in [1.807, 2.05) is 42.5 Å². The molecule has 6 nitrogen and oxygen atoms in total. The van der Waals surface area contributed by atoms with Gasteiger partial charge in [-0.05, 0) is 43.2 Å². The van der Waals surface area contributed by atoms with Gasteiger partial charge in [-0.2, -0.15) is 0 Å². The maximum atomic E-state index is 12.7. The fourth-order valence-corrected chi connectivity index (χ4v) is 4.34. The Morgan fingerprint density at radius 3 is 2.38 bits per heavy atom. The average Bonchev–Trinajstić information content (AvgIpc) is 2.87. The van der Waals surface area contributed by atoms with Crippen molar-refractivity contribution in [3.63, 3.8) is 0 Å². The van der Waals surface area contributed by atoms with Gasteiger partial charge < -0.3 is 10.1 Å². The van der Waals surface area contributed by atoms with Crippen molar-refractivity contribution in [2.45, 2.75) is 25.3 Å². The number of anilines is 1. The molecular weight excluding hydrogens is 446 g/mol. The lowest BCUT2D eigenvalue weighted by molar-refractivity contribution is -0.113. The number of amides is 1. The number of thioether (sulfide) groups is 1. The Morgan fingerprint density at radius 2 is 1.68 bits per heavy atom. The van der Waals surface area contributed by atoms with E-state index in [4.69, 9.17) is 14.7 Å². The highest BCUT2D eigenvalue weighted by Crippen LogP contribution is 2.30. The topological polar surface area (TPSA) is 81.2 Å². The Kier molecular flexibility index (Phi) is 7.54. The van der Waals surface area contributed by atoms with Crippen LogP contribution in [0.25, 0.3) is 22.3 Å². The molecule has 1 amide bonds. The quantitative estimate of drug-likeness (QED) is 0.200. The van der Waals surface area contributed by atoms with E-state index in [0.29, 0.717) is 23.7 Å². The van der Waals surface area contributed by atoms with Gasteiger partial charge in [0, 0.05) is 16.6 Å². The maximum Gasteiger partial charge on any atom is 0.338 e. The Hall–Kier alpha value is -3.71. The number of carbonyl (C=O) groups excluding carboxylic acids is 2. The van der Waals surface area contributed by atoms with Gasteiger partial charge in [0.15, 0.2) is 5.82 Å². The Balaban J connectivity index is 1.53. The number of carbonyl (C=O) groups is 2. The molecule has 0 fully saturated rings. The molecule has 0 saturated carbocycles. The number of hydrogen-bond acceptors (Lipinski definition) is 6. The molecule has 4 rings (SSSR count). The number of benzene rings is 3. The van der Waals surface area contributed by atoms with E-state index in [1.54, 1.807) is 31.2 Å². The summed E-state index contributed by atoms with van der Waals surface area (Å²) < 4.78 is 4.99. The number of para-hydroxylation sites is 1. The van der Waals surface area contributed by atoms with Gasteiger partial charge in [0.2, 0.25) is 5.91 Å². The number of rotatable bonds is 8. The van der Waals surface area contributed by atoms with E-state index < -0.39 is 0 Å². The van der Waals surface area contributed by atoms with E-state index >= 15 is 0 Å². The second-order valence-corrected chi connectivity index (χ2v) is 8.48. The van der Waals surface area contributed by atoms with Crippen LogP contribution in [-0.4, -0.2) is 34.2 Å². The van der Waals surface area contributed by atoms with Crippen molar-refractivity contribution >= 4 is 40.2 Å². The molecule has 3 aromatic carbocycles. The van der Waals surface area contributed by atoms with E-state index in [2.05, 4.69) is 18.3 Å². The molecule has 1 aromatic heterocycles. The van der Waals surface area contributed by atoms with Crippen molar-refractivity contribution < 1.29 is 14.3 Å². The molecule has 1 heterocycles. The molecule has 0 aliphatic heterocycles. The minimum atomic E-state index is -0.382. The normalized spacial score (nSPS) is 10.8. The number of hydrogen-bond donors (Lipinski definition) is 1. The highest BCUT2D eigenvalue weighted by molar-refractivity contribution is 8.00. The molecule has 0 saturated heterocycles. The van der Waals surface area contributed by atoms with Crippen LogP contribution in [0.2, 0.25) is 0 Å². The monoisotopic (exact) mass is 471 g/mol. The van der Waals surface area contributed by atoms with E-state index in [1.165, 1.54) is 11.8 Å². The molecule has 7 heteroatoms. The second-order valence-electron chi connectivity index (χ2n) is 7.52. The number of nitrogens with zero attached hydrogens (tertiary/aromatic N) is 2. The first-order valence-corrected chi connectivity index (χ1v) is 12.1. The van der Waals surface area contributed by atoms with Gasteiger partial charge in [-0.25, -0.2) is 14.8 Å². The van der Waals surface area contributed by atoms with Gasteiger partial charge in [0.1, 0.15) is 5.03 Å². The second kappa shape index (κ2) is 10.9. The Bertz CT molecular complexity index is 1310. The summed E-state index contributed by atoms with van der Waals surface area (Å²) in [5.74, 6) is 0.295. The molecule has 0 aliphatic rings. The number of aromatic nitrogens is 2. The SMILES string of the molecule is CCOC(=O)c1ccc(NC(=O)CSc2nc(-c3ccccc3)nc3c(CC)cccc23)cc1. The first-order valence-electron chi connectivity index (χ1n) is 11.1. The molecule has 1 N–H and O–H groups in total. The van der Waals surface area contributed by atoms with Crippen LogP contribution in [0.1, 0.15) is 29.8 Å². The highest BCUT2D eigenvalue weighted by Gasteiger charge is 2.14. The lowest BCUT2D eigenvalue weighted by atomic mass is 10.1. The van der Waals surface area contributed by atoms with Crippen molar-refractivity contribution in [3.05, 3.63) is 83.9 Å². The van der Waals surface area contributed by atoms with Gasteiger partial charge in [-0.3, -0.25) is 4.79 Å². The van der Waals surface area contributed by atoms with Crippen LogP contribution in [0, 0.1) is 0 Å². The minimum Gasteiger partial charge on any atom is -0.462 e. The van der Waals surface area contributed by atoms with Gasteiger partial charge in [-0.15, -0.1) is 0 Å². The van der Waals surface area contributed by atoms with Crippen LogP contribution in [0.5, 0.6) is 0 Å². The standard InChI is InChI=1S/C27H25N3O3S/c1-3-18-11-8-12-22-24(18)29-25(19-9-6-5-7-10-19)30-26(22)34-17-23(31)28-21-15-13-20(14-16-21)27(32)33-4-2/h5-16H,3-4,17H2,1-2H3,(H,28,31). The molecule has 4 aromatic rings. The first kappa shape index (κ1) is 23.4. The van der Waals surface area contributed by atoms with Crippen molar-refractivity contribution in [2.75, 3.05) is 17.7 Å². The van der Waals surface area contributed by atoms with Crippen LogP contribution >= 0.6 is 11.8 Å². The molecule has 0 aliphatic carbocycles. The van der Waals surface area contributed by atoms with E-state index in [0.717, 1.165) is 33.5 Å². The molecule has 0 unspecified atom stereocenters. The number of fused-ring (bicyclic) bond motifs is 1. The summed E-state index contributed by atoms with van der Waals surface area (Å²) >= 11 is 1.38. The molecule has 0 spiro atoms. The third-order valence-electron chi connectivity index (χ3n) is 5.21. The summed E-state index contributed by atoms with van der Waals surface area (Å²) in [7, 11) is 0. The summed E-state index contributed by atoms with van der Waals surface area (Å²) in [4.78, 5) is 34.1. The minimum absolute atomic E-state index is 0.159. The van der Waals surface area contributed by atoms with E-state index in [-0.39, 0.29) is 17.6 Å². The fourth-order valence-electron chi connectivity index (χ4n) is 3.53. The van der Waals surface area contributed by atoms with Crippen LogP contribution < -0.4 is 5.32 Å². The Labute approximate surface area is 202 Å². The van der Waals surface area contributed by atoms with Gasteiger partial charge in [0.05, 0.1) is 23.4 Å². The van der Waals surface area contributed by atoms with E-state index in [9.17, 15) is 9.59 Å². The molecular formula is C27H25N3O3S. The molecule has 0 radical (unpaired) electrons. The largest absolute Gasteiger partial charge is 0.462 e. The number of nitrogens with one attached hydrogen (secondary N) is 1. The lowest BCUT2D eigenvalue weighted by Crippen LogP contribution is -2.14. The van der Waals surface area contributed by atoms with Crippen LogP contribution in [0.15, 0.2) is 77.8 Å². The molecule has 172 valence electrons. The number of aryl methyl sites for hydroxylation is 1. The predicted octanol–water partition coefficient (Wildman–Crippen LogP) is 5.77. The fraction of sp³-hybridized carbons (Fsp3) is 0.185. The van der Waals surface area contributed by atoms with Crippen molar-refractivity contribution in [1.29, 1.82) is 0 Å². The third kappa shape index (κ3) is 5.43. The van der Waals surface area contributed by atoms with Crippen LogP contribution in [-0.2, 0) is 16.0 Å². The van der Waals surface area contributed by atoms with Crippen molar-refractivity contribution in [2.24, 2.45) is 0 Å². The zero-order valence-electron chi connectivity index (χ0n) is 19.1. The molecule has 34 heavy (non-hydrogen) atoms. The maximum absolute atomic E-state index is 12.7. The van der Waals surface area contributed by atoms with Gasteiger partial charge in [-0.1, -0.05) is 67.2 Å². The van der Waals surface area contributed by atoms with Gasteiger partial charge >= 0.3 is 5.97 Å². The third-order valence-corrected chi connectivity index (χ3v) is 6.20. The Morgan fingerprint density at radius 1 is 0.912 bits per heavy atom. The summed E-state index contributed by atoms with van der Waals surface area (Å²) in [6, 6.07) is 22.6. The summed E-state index contributed by atoms with van der Waals surface area (Å²) in [5, 5.41) is 4.58. The zero-order chi connectivity index (χ0) is 23.9.